The van der Waals surface area contributed by atoms with Gasteiger partial charge in [-0.25, -0.2) is 0 Å². The molecule has 3 heteroatoms. The van der Waals surface area contributed by atoms with Gasteiger partial charge in [-0.3, -0.25) is 4.79 Å². The van der Waals surface area contributed by atoms with Crippen LogP contribution in [0.1, 0.15) is 39.0 Å². The third kappa shape index (κ3) is 7.75. The van der Waals surface area contributed by atoms with E-state index in [9.17, 15) is 4.79 Å². The number of rotatable bonds is 11. The van der Waals surface area contributed by atoms with Gasteiger partial charge in [-0.2, -0.15) is 0 Å². The summed E-state index contributed by atoms with van der Waals surface area (Å²) in [5.41, 5.74) is 0. The second-order valence-electron chi connectivity index (χ2n) is 4.34. The van der Waals surface area contributed by atoms with E-state index in [1.165, 1.54) is 0 Å². The van der Waals surface area contributed by atoms with Gasteiger partial charge in [0.25, 0.3) is 0 Å². The van der Waals surface area contributed by atoms with Crippen molar-refractivity contribution in [2.45, 2.75) is 45.1 Å². The van der Waals surface area contributed by atoms with Crippen LogP contribution in [0.15, 0.2) is 25.3 Å². The Morgan fingerprint density at radius 1 is 1.29 bits per heavy atom. The maximum Gasteiger partial charge on any atom is 0.320 e. The monoisotopic (exact) mass is 239 g/mol. The van der Waals surface area contributed by atoms with Gasteiger partial charge < -0.3 is 10.4 Å². The molecule has 0 spiro atoms. The highest BCUT2D eigenvalue weighted by molar-refractivity contribution is 5.73. The summed E-state index contributed by atoms with van der Waals surface area (Å²) >= 11 is 0. The SMILES string of the molecule is C=CCC(CC=C)CCNC(CCC)C(=O)O. The van der Waals surface area contributed by atoms with Crippen LogP contribution < -0.4 is 5.32 Å². The Balaban J connectivity index is 3.94. The van der Waals surface area contributed by atoms with E-state index < -0.39 is 12.0 Å². The first-order chi connectivity index (χ1) is 8.15. The average Bonchev–Trinajstić information content (AvgIpc) is 2.28. The largest absolute Gasteiger partial charge is 0.480 e. The van der Waals surface area contributed by atoms with E-state index in [-0.39, 0.29) is 0 Å². The zero-order chi connectivity index (χ0) is 13.1. The summed E-state index contributed by atoms with van der Waals surface area (Å²) in [5.74, 6) is -0.232. The Morgan fingerprint density at radius 2 is 1.88 bits per heavy atom. The molecule has 3 nitrogen and oxygen atoms in total. The molecule has 0 rings (SSSR count). The molecule has 2 N–H and O–H groups in total. The van der Waals surface area contributed by atoms with Crippen molar-refractivity contribution in [3.05, 3.63) is 25.3 Å². The molecule has 17 heavy (non-hydrogen) atoms. The van der Waals surface area contributed by atoms with Crippen molar-refractivity contribution < 1.29 is 9.90 Å². The molecule has 0 heterocycles. The van der Waals surface area contributed by atoms with Gasteiger partial charge in [-0.15, -0.1) is 13.2 Å². The molecule has 0 amide bonds. The molecule has 98 valence electrons. The van der Waals surface area contributed by atoms with Crippen LogP contribution in [-0.2, 0) is 4.79 Å². The lowest BCUT2D eigenvalue weighted by atomic mass is 9.97. The summed E-state index contributed by atoms with van der Waals surface area (Å²) in [4.78, 5) is 10.9. The van der Waals surface area contributed by atoms with Crippen LogP contribution in [-0.4, -0.2) is 23.7 Å². The molecular formula is C14H25NO2. The number of allylic oxidation sites excluding steroid dienone is 2. The molecule has 0 aromatic heterocycles. The molecule has 0 aliphatic heterocycles. The molecule has 0 fully saturated rings. The van der Waals surface area contributed by atoms with Gasteiger partial charge in [0.2, 0.25) is 0 Å². The van der Waals surface area contributed by atoms with E-state index >= 15 is 0 Å². The van der Waals surface area contributed by atoms with Gasteiger partial charge in [-0.05, 0) is 38.1 Å². The second-order valence-corrected chi connectivity index (χ2v) is 4.34. The predicted molar refractivity (Wildman–Crippen MR) is 72.1 cm³/mol. The Morgan fingerprint density at radius 3 is 2.29 bits per heavy atom. The fourth-order valence-electron chi connectivity index (χ4n) is 1.87. The van der Waals surface area contributed by atoms with E-state index in [4.69, 9.17) is 5.11 Å². The Labute approximate surface area is 105 Å². The average molecular weight is 239 g/mol. The van der Waals surface area contributed by atoms with Crippen molar-refractivity contribution in [2.24, 2.45) is 5.92 Å². The standard InChI is InChI=1S/C14H25NO2/c1-4-7-12(8-5-2)10-11-15-13(9-6-3)14(16)17/h4-5,12-13,15H,1-2,6-11H2,3H3,(H,16,17). The third-order valence-electron chi connectivity index (χ3n) is 2.82. The zero-order valence-corrected chi connectivity index (χ0v) is 10.8. The summed E-state index contributed by atoms with van der Waals surface area (Å²) < 4.78 is 0. The Kier molecular flexibility index (Phi) is 9.44. The highest BCUT2D eigenvalue weighted by Gasteiger charge is 2.15. The fraction of sp³-hybridized carbons (Fsp3) is 0.643. The van der Waals surface area contributed by atoms with Crippen molar-refractivity contribution in [1.29, 1.82) is 0 Å². The maximum absolute atomic E-state index is 10.9. The third-order valence-corrected chi connectivity index (χ3v) is 2.82. The molecule has 1 atom stereocenters. The van der Waals surface area contributed by atoms with Crippen LogP contribution in [0.4, 0.5) is 0 Å². The number of hydrogen-bond donors (Lipinski definition) is 2. The summed E-state index contributed by atoms with van der Waals surface area (Å²) in [7, 11) is 0. The Hall–Kier alpha value is -1.09. The number of carbonyl (C=O) groups is 1. The minimum Gasteiger partial charge on any atom is -0.480 e. The predicted octanol–water partition coefficient (Wildman–Crippen LogP) is 2.99. The molecule has 0 radical (unpaired) electrons. The lowest BCUT2D eigenvalue weighted by Crippen LogP contribution is -2.37. The summed E-state index contributed by atoms with van der Waals surface area (Å²) in [6, 6.07) is -0.409. The first-order valence-electron chi connectivity index (χ1n) is 6.33. The Bertz CT molecular complexity index is 228. The molecule has 0 aromatic rings. The van der Waals surface area contributed by atoms with Gasteiger partial charge in [0.15, 0.2) is 0 Å². The molecule has 0 saturated heterocycles. The lowest BCUT2D eigenvalue weighted by molar-refractivity contribution is -0.139. The molecule has 1 unspecified atom stereocenters. The van der Waals surface area contributed by atoms with Gasteiger partial charge in [0.05, 0.1) is 0 Å². The second kappa shape index (κ2) is 10.1. The van der Waals surface area contributed by atoms with Crippen LogP contribution in [0.3, 0.4) is 0 Å². The first kappa shape index (κ1) is 15.9. The number of hydrogen-bond acceptors (Lipinski definition) is 2. The number of carboxylic acids is 1. The van der Waals surface area contributed by atoms with Gasteiger partial charge in [0.1, 0.15) is 6.04 Å². The molecule has 0 aromatic carbocycles. The van der Waals surface area contributed by atoms with Crippen LogP contribution >= 0.6 is 0 Å². The molecular weight excluding hydrogens is 214 g/mol. The van der Waals surface area contributed by atoms with Crippen molar-refractivity contribution in [3.8, 4) is 0 Å². The van der Waals surface area contributed by atoms with Gasteiger partial charge in [0, 0.05) is 0 Å². The number of carboxylic acid groups (broad SMARTS) is 1. The van der Waals surface area contributed by atoms with Crippen LogP contribution in [0.5, 0.6) is 0 Å². The smallest absolute Gasteiger partial charge is 0.320 e. The quantitative estimate of drug-likeness (QED) is 0.545. The van der Waals surface area contributed by atoms with E-state index in [1.807, 2.05) is 19.1 Å². The normalized spacial score (nSPS) is 12.4. The zero-order valence-electron chi connectivity index (χ0n) is 10.8. The van der Waals surface area contributed by atoms with Crippen LogP contribution in [0.2, 0.25) is 0 Å². The lowest BCUT2D eigenvalue weighted by Gasteiger charge is -2.17. The number of nitrogens with one attached hydrogen (secondary N) is 1. The van der Waals surface area contributed by atoms with Crippen LogP contribution in [0, 0.1) is 5.92 Å². The van der Waals surface area contributed by atoms with Crippen molar-refractivity contribution >= 4 is 5.97 Å². The van der Waals surface area contributed by atoms with E-state index in [0.717, 1.165) is 32.2 Å². The summed E-state index contributed by atoms with van der Waals surface area (Å²) in [6.45, 7) is 10.2. The van der Waals surface area contributed by atoms with Crippen molar-refractivity contribution in [1.82, 2.24) is 5.32 Å². The molecule has 0 aliphatic rings. The van der Waals surface area contributed by atoms with Crippen LogP contribution in [0.25, 0.3) is 0 Å². The van der Waals surface area contributed by atoms with Gasteiger partial charge >= 0.3 is 5.97 Å². The summed E-state index contributed by atoms with van der Waals surface area (Å²) in [6.07, 6.45) is 8.27. The van der Waals surface area contributed by atoms with E-state index in [2.05, 4.69) is 18.5 Å². The minimum absolute atomic E-state index is 0.409. The first-order valence-corrected chi connectivity index (χ1v) is 6.33. The molecule has 0 saturated carbocycles. The topological polar surface area (TPSA) is 49.3 Å². The molecule has 0 aliphatic carbocycles. The van der Waals surface area contributed by atoms with Crippen molar-refractivity contribution in [2.75, 3.05) is 6.54 Å². The van der Waals surface area contributed by atoms with Gasteiger partial charge in [-0.1, -0.05) is 25.5 Å². The van der Waals surface area contributed by atoms with Crippen molar-refractivity contribution in [3.63, 3.8) is 0 Å². The van der Waals surface area contributed by atoms with E-state index in [0.29, 0.717) is 12.3 Å². The minimum atomic E-state index is -0.754. The highest BCUT2D eigenvalue weighted by atomic mass is 16.4. The fourth-order valence-corrected chi connectivity index (χ4v) is 1.87. The summed E-state index contributed by atoms with van der Waals surface area (Å²) in [5, 5.41) is 12.1. The number of aliphatic carboxylic acids is 1. The van der Waals surface area contributed by atoms with E-state index in [1.54, 1.807) is 0 Å². The maximum atomic E-state index is 10.9. The molecule has 0 bridgehead atoms. The highest BCUT2D eigenvalue weighted by Crippen LogP contribution is 2.13.